The van der Waals surface area contributed by atoms with Gasteiger partial charge >= 0.3 is 0 Å². The van der Waals surface area contributed by atoms with Crippen molar-refractivity contribution >= 4 is 5.91 Å². The van der Waals surface area contributed by atoms with Crippen LogP contribution in [-0.2, 0) is 4.79 Å². The molecule has 0 unspecified atom stereocenters. The van der Waals surface area contributed by atoms with Crippen molar-refractivity contribution in [3.63, 3.8) is 0 Å². The molecular weight excluding hydrogens is 144 g/mol. The van der Waals surface area contributed by atoms with Crippen molar-refractivity contribution in [3.05, 3.63) is 0 Å². The highest BCUT2D eigenvalue weighted by Gasteiger charge is 2.26. The number of nitrogens with one attached hydrogen (secondary N) is 2. The molecule has 3 N–H and O–H groups in total. The second kappa shape index (κ2) is 3.69. The van der Waals surface area contributed by atoms with Crippen molar-refractivity contribution in [2.45, 2.75) is 12.5 Å². The number of carbonyl (C=O) groups is 1. The predicted molar refractivity (Wildman–Crippen MR) is 41.1 cm³/mol. The van der Waals surface area contributed by atoms with E-state index in [4.69, 9.17) is 0 Å². The molecule has 0 aromatic rings. The van der Waals surface area contributed by atoms with E-state index >= 15 is 0 Å². The summed E-state index contributed by atoms with van der Waals surface area (Å²) in [5.41, 5.74) is 0. The lowest BCUT2D eigenvalue weighted by molar-refractivity contribution is -0.122. The number of rotatable bonds is 2. The molecule has 4 heteroatoms. The van der Waals surface area contributed by atoms with Crippen LogP contribution in [0.2, 0.25) is 0 Å². The molecular formula is C7H14N2O2. The van der Waals surface area contributed by atoms with Crippen molar-refractivity contribution in [2.75, 3.05) is 20.1 Å². The first-order valence-electron chi connectivity index (χ1n) is 3.83. The van der Waals surface area contributed by atoms with E-state index in [2.05, 4.69) is 10.6 Å². The Balaban J connectivity index is 2.30. The zero-order valence-electron chi connectivity index (χ0n) is 6.63. The topological polar surface area (TPSA) is 61.4 Å². The summed E-state index contributed by atoms with van der Waals surface area (Å²) in [5, 5.41) is 14.8. The van der Waals surface area contributed by atoms with Crippen LogP contribution < -0.4 is 10.6 Å². The number of carbonyl (C=O) groups excluding carboxylic acids is 1. The van der Waals surface area contributed by atoms with Gasteiger partial charge in [-0.1, -0.05) is 0 Å². The fourth-order valence-corrected chi connectivity index (χ4v) is 1.27. The Morgan fingerprint density at radius 3 is 2.91 bits per heavy atom. The Morgan fingerprint density at radius 1 is 1.73 bits per heavy atom. The zero-order chi connectivity index (χ0) is 8.27. The lowest BCUT2D eigenvalue weighted by atomic mass is 10.0. The molecule has 11 heavy (non-hydrogen) atoms. The number of aliphatic hydroxyl groups excluding tert-OH is 1. The van der Waals surface area contributed by atoms with E-state index in [0.717, 1.165) is 6.54 Å². The molecule has 0 aromatic heterocycles. The molecule has 1 rings (SSSR count). The van der Waals surface area contributed by atoms with Gasteiger partial charge in [0.2, 0.25) is 5.91 Å². The molecule has 0 radical (unpaired) electrons. The van der Waals surface area contributed by atoms with Gasteiger partial charge in [-0.15, -0.1) is 0 Å². The van der Waals surface area contributed by atoms with Crippen LogP contribution in [0.1, 0.15) is 6.42 Å². The number of β-amino-alcohol motifs (C(OH)–C–C–N with tert-alkyl or cyclic N) is 1. The van der Waals surface area contributed by atoms with Crippen LogP contribution in [-0.4, -0.2) is 37.3 Å². The molecule has 1 heterocycles. The summed E-state index contributed by atoms with van der Waals surface area (Å²) < 4.78 is 0. The third-order valence-electron chi connectivity index (χ3n) is 2.03. The van der Waals surface area contributed by atoms with Gasteiger partial charge in [0.25, 0.3) is 0 Å². The highest BCUT2D eigenvalue weighted by molar-refractivity contribution is 5.75. The van der Waals surface area contributed by atoms with Crippen molar-refractivity contribution in [1.29, 1.82) is 0 Å². The van der Waals surface area contributed by atoms with E-state index in [9.17, 15) is 9.90 Å². The van der Waals surface area contributed by atoms with Crippen molar-refractivity contribution in [2.24, 2.45) is 5.92 Å². The van der Waals surface area contributed by atoms with E-state index in [1.165, 1.54) is 0 Å². The fourth-order valence-electron chi connectivity index (χ4n) is 1.27. The normalized spacial score (nSPS) is 30.4. The third-order valence-corrected chi connectivity index (χ3v) is 2.03. The summed E-state index contributed by atoms with van der Waals surface area (Å²) in [6, 6.07) is 0. The van der Waals surface area contributed by atoms with Gasteiger partial charge in [0.1, 0.15) is 0 Å². The molecule has 0 aromatic carbocycles. The molecule has 0 spiro atoms. The van der Waals surface area contributed by atoms with Gasteiger partial charge in [0.15, 0.2) is 0 Å². The SMILES string of the molecule is CNC(=O)C[C@@H]1CNC[C@H]1O. The molecule has 1 aliphatic rings. The van der Waals surface area contributed by atoms with Gasteiger partial charge in [-0.05, 0) is 0 Å². The Bertz CT molecular complexity index is 149. The molecule has 0 saturated carbocycles. The summed E-state index contributed by atoms with van der Waals surface area (Å²) in [4.78, 5) is 10.9. The Kier molecular flexibility index (Phi) is 2.84. The van der Waals surface area contributed by atoms with Crippen LogP contribution in [0.15, 0.2) is 0 Å². The lowest BCUT2D eigenvalue weighted by Crippen LogP contribution is -2.26. The molecule has 1 amide bonds. The second-order valence-corrected chi connectivity index (χ2v) is 2.86. The minimum atomic E-state index is -0.354. The highest BCUT2D eigenvalue weighted by atomic mass is 16.3. The molecule has 64 valence electrons. The number of hydrogen-bond acceptors (Lipinski definition) is 3. The Hall–Kier alpha value is -0.610. The van der Waals surface area contributed by atoms with Crippen LogP contribution >= 0.6 is 0 Å². The van der Waals surface area contributed by atoms with E-state index in [0.29, 0.717) is 13.0 Å². The maximum Gasteiger partial charge on any atom is 0.220 e. The van der Waals surface area contributed by atoms with Gasteiger partial charge in [-0.2, -0.15) is 0 Å². The molecule has 4 nitrogen and oxygen atoms in total. The number of amides is 1. The largest absolute Gasteiger partial charge is 0.391 e. The maximum atomic E-state index is 10.9. The summed E-state index contributed by atoms with van der Waals surface area (Å²) in [5.74, 6) is 0.0905. The zero-order valence-corrected chi connectivity index (χ0v) is 6.63. The van der Waals surface area contributed by atoms with Crippen LogP contribution in [0.3, 0.4) is 0 Å². The minimum absolute atomic E-state index is 0.00208. The molecule has 1 fully saturated rings. The third kappa shape index (κ3) is 2.17. The highest BCUT2D eigenvalue weighted by Crippen LogP contribution is 2.12. The first kappa shape index (κ1) is 8.49. The van der Waals surface area contributed by atoms with Crippen LogP contribution in [0, 0.1) is 5.92 Å². The Morgan fingerprint density at radius 2 is 2.45 bits per heavy atom. The van der Waals surface area contributed by atoms with E-state index in [1.807, 2.05) is 0 Å². The second-order valence-electron chi connectivity index (χ2n) is 2.86. The summed E-state index contributed by atoms with van der Waals surface area (Å²) in [6.45, 7) is 1.36. The van der Waals surface area contributed by atoms with Crippen molar-refractivity contribution < 1.29 is 9.90 Å². The first-order valence-corrected chi connectivity index (χ1v) is 3.83. The van der Waals surface area contributed by atoms with E-state index in [1.54, 1.807) is 7.05 Å². The van der Waals surface area contributed by atoms with Gasteiger partial charge in [0, 0.05) is 32.5 Å². The lowest BCUT2D eigenvalue weighted by Gasteiger charge is -2.10. The predicted octanol–water partition coefficient (Wildman–Crippen LogP) is -1.30. The average Bonchev–Trinajstić information content (AvgIpc) is 2.37. The number of aliphatic hydroxyl groups is 1. The minimum Gasteiger partial charge on any atom is -0.391 e. The first-order chi connectivity index (χ1) is 5.24. The molecule has 1 saturated heterocycles. The van der Waals surface area contributed by atoms with Crippen LogP contribution in [0.25, 0.3) is 0 Å². The quantitative estimate of drug-likeness (QED) is 0.468. The maximum absolute atomic E-state index is 10.9. The fraction of sp³-hybridized carbons (Fsp3) is 0.857. The van der Waals surface area contributed by atoms with Crippen molar-refractivity contribution in [3.8, 4) is 0 Å². The van der Waals surface area contributed by atoms with E-state index < -0.39 is 0 Å². The summed E-state index contributed by atoms with van der Waals surface area (Å²) in [6.07, 6.45) is 0.0669. The van der Waals surface area contributed by atoms with Gasteiger partial charge < -0.3 is 15.7 Å². The summed E-state index contributed by atoms with van der Waals surface area (Å²) in [7, 11) is 1.61. The van der Waals surface area contributed by atoms with Crippen LogP contribution in [0.4, 0.5) is 0 Å². The standard InChI is InChI=1S/C7H14N2O2/c1-8-7(11)2-5-3-9-4-6(5)10/h5-6,9-10H,2-4H2,1H3,(H,8,11)/t5-,6-/m1/s1. The van der Waals surface area contributed by atoms with E-state index in [-0.39, 0.29) is 17.9 Å². The van der Waals surface area contributed by atoms with Gasteiger partial charge in [-0.3, -0.25) is 4.79 Å². The Labute approximate surface area is 66.0 Å². The molecule has 1 aliphatic heterocycles. The van der Waals surface area contributed by atoms with Crippen molar-refractivity contribution in [1.82, 2.24) is 10.6 Å². The summed E-state index contributed by atoms with van der Waals surface area (Å²) >= 11 is 0. The molecule has 2 atom stereocenters. The van der Waals surface area contributed by atoms with Gasteiger partial charge in [-0.25, -0.2) is 0 Å². The average molecular weight is 158 g/mol. The monoisotopic (exact) mass is 158 g/mol. The smallest absolute Gasteiger partial charge is 0.220 e. The molecule has 0 aliphatic carbocycles. The number of hydrogen-bond donors (Lipinski definition) is 3. The van der Waals surface area contributed by atoms with Gasteiger partial charge in [0.05, 0.1) is 6.10 Å². The van der Waals surface area contributed by atoms with Crippen LogP contribution in [0.5, 0.6) is 0 Å². The molecule has 0 bridgehead atoms.